The molecule has 2 aliphatic heterocycles. The molecule has 7 fully saturated rings. The summed E-state index contributed by atoms with van der Waals surface area (Å²) in [6.45, 7) is 17.3. The minimum atomic E-state index is -2.19. The summed E-state index contributed by atoms with van der Waals surface area (Å²) < 4.78 is 17.4. The van der Waals surface area contributed by atoms with Gasteiger partial charge in [-0.05, 0) is 134 Å². The first-order valence-corrected chi connectivity index (χ1v) is 20.8. The zero-order valence-corrected chi connectivity index (χ0v) is 33.3. The number of aliphatic hydroxyl groups excluding tert-OH is 8. The fourth-order valence-electron chi connectivity index (χ4n) is 15.1. The third kappa shape index (κ3) is 5.74. The average molecular weight is 767 g/mol. The molecular weight excluding hydrogens is 696 g/mol. The van der Waals surface area contributed by atoms with Crippen LogP contribution in [-0.4, -0.2) is 126 Å². The molecule has 0 aromatic heterocycles. The van der Waals surface area contributed by atoms with E-state index in [4.69, 9.17) is 14.2 Å². The van der Waals surface area contributed by atoms with E-state index in [1.807, 2.05) is 0 Å². The van der Waals surface area contributed by atoms with Gasteiger partial charge in [0.05, 0.1) is 19.3 Å². The second kappa shape index (κ2) is 13.9. The SMILES string of the molecule is C=C(C)[C@@H]1CC[C@]2(C[C@@]3(O)[C@H](O[C@H]4O[C@H](CO)[C@@H](O)[C@H](O)[C@H]4O)[C@@H](CO)O[C@@H](O)[C@@H]3O)CC[C@]3(C)[C@H](CCC4[C@@]5(C)CCC(O)C(C)(C)[C@@H]5CC[C@]43C)[C@@H]12. The number of aliphatic hydroxyl groups is 9. The molecule has 54 heavy (non-hydrogen) atoms. The second-order valence-electron chi connectivity index (χ2n) is 20.5. The van der Waals surface area contributed by atoms with Gasteiger partial charge in [0, 0.05) is 0 Å². The number of fused-ring (bicyclic) bond motifs is 7. The van der Waals surface area contributed by atoms with Gasteiger partial charge in [-0.25, -0.2) is 0 Å². The first-order valence-electron chi connectivity index (χ1n) is 20.8. The van der Waals surface area contributed by atoms with Crippen LogP contribution in [0.4, 0.5) is 0 Å². The van der Waals surface area contributed by atoms with Crippen molar-refractivity contribution in [3.63, 3.8) is 0 Å². The fraction of sp³-hybridized carbons (Fsp3) is 0.952. The Morgan fingerprint density at radius 3 is 2.06 bits per heavy atom. The van der Waals surface area contributed by atoms with Crippen LogP contribution in [0, 0.1) is 56.7 Å². The summed E-state index contributed by atoms with van der Waals surface area (Å²) in [6.07, 6.45) is -5.48. The van der Waals surface area contributed by atoms with Crippen molar-refractivity contribution < 1.29 is 60.2 Å². The smallest absolute Gasteiger partial charge is 0.187 e. The standard InChI is InChI=1S/C42H70O12/c1-21(2)22-10-15-41(20-42(51)33(49)35(50)52-25(19-44)34(42)54-36-32(48)31(47)30(46)24(18-43)53-36)17-16-39(6)23(29(22)41)8-9-27-38(5)13-12-28(45)37(3,4)26(38)11-14-40(27,39)7/h22-36,43-51H,1,8-20H2,2-7H3/t22-,23+,24+,25+,26-,27?,28?,29+,30+,31-,32+,33-,34+,35+,36+,38-,39+,40+,41+,42-/m0/s1. The lowest BCUT2D eigenvalue weighted by Crippen LogP contribution is -2.72. The van der Waals surface area contributed by atoms with Crippen LogP contribution >= 0.6 is 0 Å². The molecule has 2 saturated heterocycles. The van der Waals surface area contributed by atoms with Crippen molar-refractivity contribution in [1.82, 2.24) is 0 Å². The fourth-order valence-corrected chi connectivity index (χ4v) is 15.1. The Labute approximate surface area is 320 Å². The predicted molar refractivity (Wildman–Crippen MR) is 197 cm³/mol. The lowest BCUT2D eigenvalue weighted by molar-refractivity contribution is -0.380. The van der Waals surface area contributed by atoms with Gasteiger partial charge in [0.15, 0.2) is 12.6 Å². The van der Waals surface area contributed by atoms with E-state index < -0.39 is 79.5 Å². The van der Waals surface area contributed by atoms with Crippen LogP contribution in [0.15, 0.2) is 12.2 Å². The van der Waals surface area contributed by atoms with E-state index in [1.54, 1.807) is 0 Å². The average Bonchev–Trinajstić information content (AvgIpc) is 3.50. The predicted octanol–water partition coefficient (Wildman–Crippen LogP) is 2.38. The molecule has 5 saturated carbocycles. The molecule has 9 N–H and O–H groups in total. The minimum absolute atomic E-state index is 0.0210. The summed E-state index contributed by atoms with van der Waals surface area (Å²) >= 11 is 0. The molecule has 7 rings (SSSR count). The summed E-state index contributed by atoms with van der Waals surface area (Å²) in [6, 6.07) is 0. The number of hydrogen-bond acceptors (Lipinski definition) is 12. The molecule has 0 spiro atoms. The molecule has 12 nitrogen and oxygen atoms in total. The summed E-state index contributed by atoms with van der Waals surface area (Å²) in [7, 11) is 0. The Morgan fingerprint density at radius 2 is 1.41 bits per heavy atom. The van der Waals surface area contributed by atoms with E-state index in [0.717, 1.165) is 69.8 Å². The highest BCUT2D eigenvalue weighted by atomic mass is 16.7. The molecule has 2 heterocycles. The van der Waals surface area contributed by atoms with Crippen LogP contribution < -0.4 is 0 Å². The van der Waals surface area contributed by atoms with Crippen molar-refractivity contribution in [2.24, 2.45) is 56.7 Å². The Balaban J connectivity index is 1.25. The maximum Gasteiger partial charge on any atom is 0.187 e. The molecule has 0 radical (unpaired) electrons. The molecule has 20 atom stereocenters. The molecule has 0 amide bonds. The summed E-state index contributed by atoms with van der Waals surface area (Å²) in [5, 5.41) is 99.0. The lowest BCUT2D eigenvalue weighted by Gasteiger charge is -2.73. The minimum Gasteiger partial charge on any atom is -0.394 e. The maximum atomic E-state index is 12.9. The Hall–Kier alpha value is -0.740. The van der Waals surface area contributed by atoms with Gasteiger partial charge in [-0.1, -0.05) is 46.8 Å². The normalized spacial score (nSPS) is 57.0. The molecule has 2 unspecified atom stereocenters. The van der Waals surface area contributed by atoms with Gasteiger partial charge in [-0.15, -0.1) is 0 Å². The zero-order chi connectivity index (χ0) is 39.6. The van der Waals surface area contributed by atoms with Gasteiger partial charge in [0.25, 0.3) is 0 Å². The van der Waals surface area contributed by atoms with Crippen molar-refractivity contribution in [1.29, 1.82) is 0 Å². The third-order valence-corrected chi connectivity index (χ3v) is 18.1. The van der Waals surface area contributed by atoms with Crippen molar-refractivity contribution in [3.8, 4) is 0 Å². The van der Waals surface area contributed by atoms with Crippen LogP contribution in [0.1, 0.15) is 112 Å². The van der Waals surface area contributed by atoms with Gasteiger partial charge in [-0.3, -0.25) is 0 Å². The van der Waals surface area contributed by atoms with Crippen molar-refractivity contribution in [3.05, 3.63) is 12.2 Å². The second-order valence-corrected chi connectivity index (χ2v) is 20.5. The van der Waals surface area contributed by atoms with E-state index >= 15 is 0 Å². The van der Waals surface area contributed by atoms with E-state index in [0.29, 0.717) is 17.8 Å². The monoisotopic (exact) mass is 766 g/mol. The highest BCUT2D eigenvalue weighted by molar-refractivity contribution is 5.23. The van der Waals surface area contributed by atoms with Gasteiger partial charge in [0.1, 0.15) is 48.3 Å². The number of ether oxygens (including phenoxy) is 3. The van der Waals surface area contributed by atoms with Crippen molar-refractivity contribution >= 4 is 0 Å². The van der Waals surface area contributed by atoms with Gasteiger partial charge >= 0.3 is 0 Å². The zero-order valence-electron chi connectivity index (χ0n) is 33.3. The number of rotatable bonds is 7. The molecule has 310 valence electrons. The first kappa shape index (κ1) is 41.4. The topological polar surface area (TPSA) is 210 Å². The Bertz CT molecular complexity index is 1410. The highest BCUT2D eigenvalue weighted by Crippen LogP contribution is 2.78. The molecule has 5 aliphatic carbocycles. The Morgan fingerprint density at radius 1 is 0.722 bits per heavy atom. The van der Waals surface area contributed by atoms with Crippen LogP contribution in [-0.2, 0) is 14.2 Å². The molecule has 12 heteroatoms. The van der Waals surface area contributed by atoms with E-state index in [-0.39, 0.29) is 46.0 Å². The van der Waals surface area contributed by atoms with Crippen LogP contribution in [0.5, 0.6) is 0 Å². The quantitative estimate of drug-likeness (QED) is 0.171. The van der Waals surface area contributed by atoms with E-state index in [9.17, 15) is 46.0 Å². The summed E-state index contributed by atoms with van der Waals surface area (Å²) in [5.41, 5.74) is -1.59. The molecule has 7 aliphatic rings. The van der Waals surface area contributed by atoms with Crippen molar-refractivity contribution in [2.45, 2.75) is 179 Å². The van der Waals surface area contributed by atoms with Gasteiger partial charge < -0.3 is 60.2 Å². The van der Waals surface area contributed by atoms with E-state index in [1.165, 1.54) is 0 Å². The van der Waals surface area contributed by atoms with E-state index in [2.05, 4.69) is 48.1 Å². The molecule has 0 aromatic rings. The highest BCUT2D eigenvalue weighted by Gasteiger charge is 2.72. The molecule has 0 aromatic carbocycles. The van der Waals surface area contributed by atoms with Crippen molar-refractivity contribution in [2.75, 3.05) is 13.2 Å². The van der Waals surface area contributed by atoms with Crippen LogP contribution in [0.2, 0.25) is 0 Å². The maximum absolute atomic E-state index is 12.9. The van der Waals surface area contributed by atoms with Crippen LogP contribution in [0.25, 0.3) is 0 Å². The molecule has 0 bridgehead atoms. The Kier molecular flexibility index (Phi) is 10.7. The number of allylic oxidation sites excluding steroid dienone is 1. The summed E-state index contributed by atoms with van der Waals surface area (Å²) in [5.74, 6) is 1.53. The summed E-state index contributed by atoms with van der Waals surface area (Å²) in [4.78, 5) is 0. The van der Waals surface area contributed by atoms with Crippen LogP contribution in [0.3, 0.4) is 0 Å². The third-order valence-electron chi connectivity index (χ3n) is 18.1. The van der Waals surface area contributed by atoms with Gasteiger partial charge in [0.2, 0.25) is 0 Å². The first-order chi connectivity index (χ1) is 25.2. The van der Waals surface area contributed by atoms with Gasteiger partial charge in [-0.2, -0.15) is 0 Å². The largest absolute Gasteiger partial charge is 0.394 e. The lowest BCUT2D eigenvalue weighted by atomic mass is 9.32. The molecular formula is C42H70O12. The number of hydrogen-bond donors (Lipinski definition) is 9.